The van der Waals surface area contributed by atoms with Crippen LogP contribution in [0, 0.1) is 17.1 Å². The zero-order valence-electron chi connectivity index (χ0n) is 13.2. The minimum Gasteiger partial charge on any atom is -0.492 e. The van der Waals surface area contributed by atoms with Crippen molar-refractivity contribution in [3.63, 3.8) is 0 Å². The second-order valence-corrected chi connectivity index (χ2v) is 5.22. The Balaban J connectivity index is 1.80. The van der Waals surface area contributed by atoms with Gasteiger partial charge in [0, 0.05) is 12.6 Å². The molecular formula is C18H19FN2O2. The van der Waals surface area contributed by atoms with Crippen molar-refractivity contribution < 1.29 is 13.9 Å². The summed E-state index contributed by atoms with van der Waals surface area (Å²) in [5, 5.41) is 11.7. The predicted octanol–water partition coefficient (Wildman–Crippen LogP) is 3.98. The van der Waals surface area contributed by atoms with Crippen LogP contribution in [-0.2, 0) is 0 Å². The van der Waals surface area contributed by atoms with Crippen LogP contribution < -0.4 is 14.8 Å². The summed E-state index contributed by atoms with van der Waals surface area (Å²) in [6.07, 6.45) is 0.00836. The molecule has 0 atom stereocenters. The van der Waals surface area contributed by atoms with E-state index in [4.69, 9.17) is 14.7 Å². The number of nitriles is 1. The van der Waals surface area contributed by atoms with Crippen LogP contribution in [0.4, 0.5) is 10.1 Å². The predicted molar refractivity (Wildman–Crippen MR) is 87.3 cm³/mol. The number of anilines is 1. The highest BCUT2D eigenvalue weighted by molar-refractivity contribution is 5.48. The zero-order chi connectivity index (χ0) is 16.7. The van der Waals surface area contributed by atoms with Crippen molar-refractivity contribution in [2.24, 2.45) is 0 Å². The van der Waals surface area contributed by atoms with E-state index in [-0.39, 0.29) is 11.9 Å². The summed E-state index contributed by atoms with van der Waals surface area (Å²) in [6, 6.07) is 13.6. The van der Waals surface area contributed by atoms with Crippen molar-refractivity contribution in [3.8, 4) is 17.6 Å². The molecule has 4 nitrogen and oxygen atoms in total. The summed E-state index contributed by atoms with van der Waals surface area (Å²) in [6.45, 7) is 4.63. The fourth-order valence-corrected chi connectivity index (χ4v) is 1.96. The summed E-state index contributed by atoms with van der Waals surface area (Å²) in [5.41, 5.74) is 0.991. The summed E-state index contributed by atoms with van der Waals surface area (Å²) < 4.78 is 24.9. The summed E-state index contributed by atoms with van der Waals surface area (Å²) >= 11 is 0. The lowest BCUT2D eigenvalue weighted by molar-refractivity contribution is 0.241. The Bertz CT molecular complexity index is 678. The number of halogens is 1. The lowest BCUT2D eigenvalue weighted by atomic mass is 10.2. The summed E-state index contributed by atoms with van der Waals surface area (Å²) in [7, 11) is 0. The molecule has 0 heterocycles. The van der Waals surface area contributed by atoms with Crippen molar-refractivity contribution in [1.29, 1.82) is 5.26 Å². The maximum atomic E-state index is 13.9. The SMILES string of the molecule is CC(C)Oc1ccc(NCCOc2ccc(C#N)cc2)c(F)c1. The van der Waals surface area contributed by atoms with E-state index in [0.717, 1.165) is 0 Å². The average molecular weight is 314 g/mol. The molecule has 23 heavy (non-hydrogen) atoms. The van der Waals surface area contributed by atoms with E-state index in [1.54, 1.807) is 36.4 Å². The third kappa shape index (κ3) is 5.19. The van der Waals surface area contributed by atoms with Crippen LogP contribution in [0.15, 0.2) is 42.5 Å². The van der Waals surface area contributed by atoms with E-state index in [0.29, 0.717) is 35.9 Å². The Hall–Kier alpha value is -2.74. The normalized spacial score (nSPS) is 10.2. The molecule has 0 radical (unpaired) electrons. The highest BCUT2D eigenvalue weighted by atomic mass is 19.1. The van der Waals surface area contributed by atoms with Gasteiger partial charge in [-0.1, -0.05) is 0 Å². The first-order valence-corrected chi connectivity index (χ1v) is 7.41. The van der Waals surface area contributed by atoms with Gasteiger partial charge in [-0.3, -0.25) is 0 Å². The van der Waals surface area contributed by atoms with Crippen LogP contribution in [0.5, 0.6) is 11.5 Å². The molecule has 5 heteroatoms. The molecule has 0 aliphatic heterocycles. The molecule has 2 aromatic carbocycles. The Morgan fingerprint density at radius 3 is 2.43 bits per heavy atom. The van der Waals surface area contributed by atoms with Crippen molar-refractivity contribution >= 4 is 5.69 Å². The van der Waals surface area contributed by atoms with Crippen molar-refractivity contribution in [1.82, 2.24) is 0 Å². The van der Waals surface area contributed by atoms with Gasteiger partial charge in [0.2, 0.25) is 0 Å². The molecule has 2 rings (SSSR count). The summed E-state index contributed by atoms with van der Waals surface area (Å²) in [5.74, 6) is 0.824. The van der Waals surface area contributed by atoms with Gasteiger partial charge >= 0.3 is 0 Å². The molecule has 0 fully saturated rings. The maximum Gasteiger partial charge on any atom is 0.149 e. The number of hydrogen-bond donors (Lipinski definition) is 1. The zero-order valence-corrected chi connectivity index (χ0v) is 13.2. The van der Waals surface area contributed by atoms with Gasteiger partial charge in [0.1, 0.15) is 23.9 Å². The van der Waals surface area contributed by atoms with Crippen molar-refractivity contribution in [3.05, 3.63) is 53.8 Å². The molecule has 0 aliphatic carbocycles. The van der Waals surface area contributed by atoms with E-state index in [1.165, 1.54) is 6.07 Å². The Labute approximate surface area is 135 Å². The van der Waals surface area contributed by atoms with E-state index < -0.39 is 0 Å². The topological polar surface area (TPSA) is 54.3 Å². The molecular weight excluding hydrogens is 295 g/mol. The number of hydrogen-bond acceptors (Lipinski definition) is 4. The maximum absolute atomic E-state index is 13.9. The van der Waals surface area contributed by atoms with E-state index in [9.17, 15) is 4.39 Å². The molecule has 0 saturated carbocycles. The molecule has 120 valence electrons. The Kier molecular flexibility index (Phi) is 5.81. The third-order valence-electron chi connectivity index (χ3n) is 2.98. The van der Waals surface area contributed by atoms with Crippen LogP contribution in [-0.4, -0.2) is 19.3 Å². The molecule has 0 unspecified atom stereocenters. The van der Waals surface area contributed by atoms with Gasteiger partial charge in [0.15, 0.2) is 0 Å². The molecule has 0 amide bonds. The second-order valence-electron chi connectivity index (χ2n) is 5.22. The van der Waals surface area contributed by atoms with Gasteiger partial charge in [-0.05, 0) is 50.2 Å². The number of benzene rings is 2. The molecule has 0 aliphatic rings. The van der Waals surface area contributed by atoms with Gasteiger partial charge in [-0.25, -0.2) is 4.39 Å². The van der Waals surface area contributed by atoms with Crippen LogP contribution in [0.3, 0.4) is 0 Å². The first kappa shape index (κ1) is 16.6. The highest BCUT2D eigenvalue weighted by Crippen LogP contribution is 2.21. The monoisotopic (exact) mass is 314 g/mol. The lowest BCUT2D eigenvalue weighted by Gasteiger charge is -2.12. The number of ether oxygens (including phenoxy) is 2. The molecule has 1 N–H and O–H groups in total. The van der Waals surface area contributed by atoms with E-state index in [1.807, 2.05) is 19.9 Å². The second kappa shape index (κ2) is 8.04. The summed E-state index contributed by atoms with van der Waals surface area (Å²) in [4.78, 5) is 0. The largest absolute Gasteiger partial charge is 0.492 e. The van der Waals surface area contributed by atoms with E-state index >= 15 is 0 Å². The first-order valence-electron chi connectivity index (χ1n) is 7.41. The van der Waals surface area contributed by atoms with Crippen molar-refractivity contribution in [2.45, 2.75) is 20.0 Å². The van der Waals surface area contributed by atoms with Gasteiger partial charge in [0.05, 0.1) is 23.4 Å². The van der Waals surface area contributed by atoms with Gasteiger partial charge in [-0.2, -0.15) is 5.26 Å². The molecule has 0 aromatic heterocycles. The fourth-order valence-electron chi connectivity index (χ4n) is 1.96. The minimum absolute atomic E-state index is 0.00836. The first-order chi connectivity index (χ1) is 11.1. The number of nitrogens with zero attached hydrogens (tertiary/aromatic N) is 1. The molecule has 0 saturated heterocycles. The molecule has 2 aromatic rings. The molecule has 0 spiro atoms. The van der Waals surface area contributed by atoms with Crippen LogP contribution in [0.1, 0.15) is 19.4 Å². The van der Waals surface area contributed by atoms with Gasteiger partial charge in [0.25, 0.3) is 0 Å². The van der Waals surface area contributed by atoms with Crippen molar-refractivity contribution in [2.75, 3.05) is 18.5 Å². The minimum atomic E-state index is -0.360. The number of rotatable bonds is 7. The third-order valence-corrected chi connectivity index (χ3v) is 2.98. The highest BCUT2D eigenvalue weighted by Gasteiger charge is 2.05. The number of nitrogens with one attached hydrogen (secondary N) is 1. The van der Waals surface area contributed by atoms with Crippen LogP contribution in [0.25, 0.3) is 0 Å². The standard InChI is InChI=1S/C18H19FN2O2/c1-13(2)23-16-7-8-18(17(19)11-16)21-9-10-22-15-5-3-14(12-20)4-6-15/h3-8,11,13,21H,9-10H2,1-2H3. The quantitative estimate of drug-likeness (QED) is 0.786. The Morgan fingerprint density at radius 2 is 1.83 bits per heavy atom. The average Bonchev–Trinajstić information content (AvgIpc) is 2.53. The van der Waals surface area contributed by atoms with Gasteiger partial charge < -0.3 is 14.8 Å². The smallest absolute Gasteiger partial charge is 0.149 e. The Morgan fingerprint density at radius 1 is 1.13 bits per heavy atom. The van der Waals surface area contributed by atoms with Gasteiger partial charge in [-0.15, -0.1) is 0 Å². The fraction of sp³-hybridized carbons (Fsp3) is 0.278. The van der Waals surface area contributed by atoms with E-state index in [2.05, 4.69) is 5.32 Å². The van der Waals surface area contributed by atoms with Crippen LogP contribution in [0.2, 0.25) is 0 Å². The molecule has 0 bridgehead atoms. The lowest BCUT2D eigenvalue weighted by Crippen LogP contribution is -2.12. The van der Waals surface area contributed by atoms with Crippen LogP contribution >= 0.6 is 0 Å².